The summed E-state index contributed by atoms with van der Waals surface area (Å²) in [7, 11) is -1.46. The molecule has 0 aromatic carbocycles. The predicted octanol–water partition coefficient (Wildman–Crippen LogP) is 0.0552. The monoisotopic (exact) mass is 193 g/mol. The summed E-state index contributed by atoms with van der Waals surface area (Å²) in [5.41, 5.74) is 0. The SMILES string of the molecule is CC1OCCC1N(C)S(C)(=O)=O. The van der Waals surface area contributed by atoms with Crippen molar-refractivity contribution in [2.75, 3.05) is 19.9 Å². The molecule has 4 nitrogen and oxygen atoms in total. The van der Waals surface area contributed by atoms with E-state index in [1.807, 2.05) is 6.92 Å². The number of ether oxygens (including phenoxy) is 1. The molecule has 12 heavy (non-hydrogen) atoms. The quantitative estimate of drug-likeness (QED) is 0.623. The van der Waals surface area contributed by atoms with Crippen molar-refractivity contribution in [2.45, 2.75) is 25.5 Å². The lowest BCUT2D eigenvalue weighted by atomic mass is 10.2. The topological polar surface area (TPSA) is 46.6 Å². The van der Waals surface area contributed by atoms with Crippen molar-refractivity contribution >= 4 is 10.0 Å². The number of rotatable bonds is 2. The summed E-state index contributed by atoms with van der Waals surface area (Å²) in [6.45, 7) is 2.56. The fraction of sp³-hybridized carbons (Fsp3) is 1.00. The Hall–Kier alpha value is -0.130. The Morgan fingerprint density at radius 2 is 2.08 bits per heavy atom. The van der Waals surface area contributed by atoms with E-state index in [0.717, 1.165) is 6.42 Å². The van der Waals surface area contributed by atoms with Gasteiger partial charge in [0.25, 0.3) is 0 Å². The lowest BCUT2D eigenvalue weighted by Gasteiger charge is -2.23. The largest absolute Gasteiger partial charge is 0.377 e. The molecule has 0 radical (unpaired) electrons. The van der Waals surface area contributed by atoms with Gasteiger partial charge in [-0.2, -0.15) is 4.31 Å². The van der Waals surface area contributed by atoms with Crippen molar-refractivity contribution in [3.8, 4) is 0 Å². The zero-order chi connectivity index (χ0) is 9.35. The molecule has 1 saturated heterocycles. The molecule has 0 spiro atoms. The third-order valence-electron chi connectivity index (χ3n) is 2.33. The third-order valence-corrected chi connectivity index (χ3v) is 3.64. The molecule has 1 aliphatic rings. The second-order valence-corrected chi connectivity index (χ2v) is 5.25. The molecule has 5 heteroatoms. The zero-order valence-corrected chi connectivity index (χ0v) is 8.47. The van der Waals surface area contributed by atoms with Gasteiger partial charge in [-0.3, -0.25) is 0 Å². The van der Waals surface area contributed by atoms with Gasteiger partial charge < -0.3 is 4.74 Å². The molecule has 0 amide bonds. The first-order valence-electron chi connectivity index (χ1n) is 3.97. The molecule has 1 heterocycles. The highest BCUT2D eigenvalue weighted by atomic mass is 32.2. The maximum absolute atomic E-state index is 11.1. The summed E-state index contributed by atoms with van der Waals surface area (Å²) in [4.78, 5) is 0. The second-order valence-electron chi connectivity index (χ2n) is 3.21. The molecule has 0 aliphatic carbocycles. The molecule has 72 valence electrons. The number of likely N-dealkylation sites (N-methyl/N-ethyl adjacent to an activating group) is 1. The van der Waals surface area contributed by atoms with Gasteiger partial charge in [0.2, 0.25) is 10.0 Å². The van der Waals surface area contributed by atoms with Crippen molar-refractivity contribution in [1.82, 2.24) is 4.31 Å². The van der Waals surface area contributed by atoms with Crippen LogP contribution in [0.25, 0.3) is 0 Å². The molecule has 0 saturated carbocycles. The van der Waals surface area contributed by atoms with Crippen LogP contribution in [-0.4, -0.2) is 44.8 Å². The van der Waals surface area contributed by atoms with Gasteiger partial charge in [-0.05, 0) is 13.3 Å². The first-order chi connectivity index (χ1) is 5.43. The van der Waals surface area contributed by atoms with Gasteiger partial charge in [-0.15, -0.1) is 0 Å². The molecule has 2 unspecified atom stereocenters. The second kappa shape index (κ2) is 3.32. The van der Waals surface area contributed by atoms with E-state index in [4.69, 9.17) is 4.74 Å². The molecule has 1 fully saturated rings. The molecule has 1 aliphatic heterocycles. The Morgan fingerprint density at radius 3 is 2.42 bits per heavy atom. The summed E-state index contributed by atoms with van der Waals surface area (Å²) < 4.78 is 28.9. The summed E-state index contributed by atoms with van der Waals surface area (Å²) in [5.74, 6) is 0. The van der Waals surface area contributed by atoms with Crippen molar-refractivity contribution < 1.29 is 13.2 Å². The van der Waals surface area contributed by atoms with E-state index in [9.17, 15) is 8.42 Å². The Morgan fingerprint density at radius 1 is 1.50 bits per heavy atom. The van der Waals surface area contributed by atoms with Crippen molar-refractivity contribution in [2.24, 2.45) is 0 Å². The number of hydrogen-bond donors (Lipinski definition) is 0. The maximum atomic E-state index is 11.1. The van der Waals surface area contributed by atoms with Gasteiger partial charge in [0.15, 0.2) is 0 Å². The third kappa shape index (κ3) is 1.97. The lowest BCUT2D eigenvalue weighted by molar-refractivity contribution is 0.102. The fourth-order valence-electron chi connectivity index (χ4n) is 1.44. The molecule has 0 aromatic heterocycles. The van der Waals surface area contributed by atoms with E-state index in [1.54, 1.807) is 7.05 Å². The molecule has 0 N–H and O–H groups in total. The average Bonchev–Trinajstić information content (AvgIpc) is 2.31. The van der Waals surface area contributed by atoms with Crippen molar-refractivity contribution in [1.29, 1.82) is 0 Å². The maximum Gasteiger partial charge on any atom is 0.211 e. The zero-order valence-electron chi connectivity index (χ0n) is 7.65. The van der Waals surface area contributed by atoms with E-state index < -0.39 is 10.0 Å². The van der Waals surface area contributed by atoms with Crippen LogP contribution in [0.3, 0.4) is 0 Å². The normalized spacial score (nSPS) is 31.3. The van der Waals surface area contributed by atoms with E-state index in [1.165, 1.54) is 10.6 Å². The van der Waals surface area contributed by atoms with Crippen LogP contribution >= 0.6 is 0 Å². The van der Waals surface area contributed by atoms with Gasteiger partial charge in [-0.1, -0.05) is 0 Å². The van der Waals surface area contributed by atoms with Crippen LogP contribution in [0.4, 0.5) is 0 Å². The van der Waals surface area contributed by atoms with Gasteiger partial charge in [0.1, 0.15) is 0 Å². The van der Waals surface area contributed by atoms with E-state index in [2.05, 4.69) is 0 Å². The van der Waals surface area contributed by atoms with Crippen LogP contribution in [-0.2, 0) is 14.8 Å². The van der Waals surface area contributed by atoms with E-state index >= 15 is 0 Å². The first kappa shape index (κ1) is 9.95. The van der Waals surface area contributed by atoms with Gasteiger partial charge in [0, 0.05) is 13.7 Å². The minimum atomic E-state index is -3.07. The van der Waals surface area contributed by atoms with Crippen LogP contribution in [0.1, 0.15) is 13.3 Å². The highest BCUT2D eigenvalue weighted by molar-refractivity contribution is 7.88. The first-order valence-corrected chi connectivity index (χ1v) is 5.82. The molecule has 2 atom stereocenters. The van der Waals surface area contributed by atoms with Crippen molar-refractivity contribution in [3.63, 3.8) is 0 Å². The predicted molar refractivity (Wildman–Crippen MR) is 46.4 cm³/mol. The van der Waals surface area contributed by atoms with E-state index in [-0.39, 0.29) is 12.1 Å². The molecule has 1 rings (SSSR count). The van der Waals surface area contributed by atoms with Gasteiger partial charge in [-0.25, -0.2) is 8.42 Å². The highest BCUT2D eigenvalue weighted by Gasteiger charge is 2.32. The van der Waals surface area contributed by atoms with Gasteiger partial charge in [0.05, 0.1) is 18.4 Å². The lowest BCUT2D eigenvalue weighted by Crippen LogP contribution is -2.40. The van der Waals surface area contributed by atoms with Gasteiger partial charge >= 0.3 is 0 Å². The van der Waals surface area contributed by atoms with Crippen LogP contribution < -0.4 is 0 Å². The smallest absolute Gasteiger partial charge is 0.211 e. The van der Waals surface area contributed by atoms with Crippen LogP contribution in [0.5, 0.6) is 0 Å². The summed E-state index contributed by atoms with van der Waals surface area (Å²) >= 11 is 0. The van der Waals surface area contributed by atoms with Crippen LogP contribution in [0.2, 0.25) is 0 Å². The minimum absolute atomic E-state index is 0.0139. The molecular weight excluding hydrogens is 178 g/mol. The average molecular weight is 193 g/mol. The summed E-state index contributed by atoms with van der Waals surface area (Å²) in [6.07, 6.45) is 2.03. The minimum Gasteiger partial charge on any atom is -0.377 e. The fourth-order valence-corrected chi connectivity index (χ4v) is 2.21. The Bertz CT molecular complexity index is 249. The number of sulfonamides is 1. The highest BCUT2D eigenvalue weighted by Crippen LogP contribution is 2.19. The number of hydrogen-bond acceptors (Lipinski definition) is 3. The Kier molecular flexibility index (Phi) is 2.75. The molecule has 0 aromatic rings. The summed E-state index contributed by atoms with van der Waals surface area (Å²) in [6, 6.07) is 0.0139. The molecular formula is C7H15NO3S. The van der Waals surface area contributed by atoms with Crippen LogP contribution in [0, 0.1) is 0 Å². The summed E-state index contributed by atoms with van der Waals surface area (Å²) in [5, 5.41) is 0. The van der Waals surface area contributed by atoms with Crippen molar-refractivity contribution in [3.05, 3.63) is 0 Å². The standard InChI is InChI=1S/C7H15NO3S/c1-6-7(4-5-11-6)8(2)12(3,9)10/h6-7H,4-5H2,1-3H3. The van der Waals surface area contributed by atoms with E-state index in [0.29, 0.717) is 6.61 Å². The van der Waals surface area contributed by atoms with Crippen LogP contribution in [0.15, 0.2) is 0 Å². The number of nitrogens with zero attached hydrogens (tertiary/aromatic N) is 1. The Labute approximate surface area is 73.6 Å². The Balaban J connectivity index is 2.70. The molecule has 0 bridgehead atoms.